The summed E-state index contributed by atoms with van der Waals surface area (Å²) in [4.78, 5) is 12.4. The maximum Gasteiger partial charge on any atom is 0.407 e. The van der Waals surface area contributed by atoms with Crippen molar-refractivity contribution in [3.8, 4) is 0 Å². The van der Waals surface area contributed by atoms with E-state index in [0.29, 0.717) is 25.4 Å². The quantitative estimate of drug-likeness (QED) is 0.276. The molecule has 1 fully saturated rings. The Balaban J connectivity index is 2.00. The second kappa shape index (κ2) is 9.68. The van der Waals surface area contributed by atoms with Crippen LogP contribution in [0.5, 0.6) is 0 Å². The van der Waals surface area contributed by atoms with E-state index in [1.165, 1.54) is 11.1 Å². The number of aliphatic hydroxyl groups is 1. The number of amides is 1. The highest BCUT2D eigenvalue weighted by atomic mass is 16.5. The standard InChI is InChI=1S/C19H28N2O6/c1-14(2)27-10-9-26-13-15-3-5-16(6-4-15)19(24)7-8-21(18(22)23)12-17(19)11-20-25/h3-6,11,14,17,24-25H,7-10,12-13H2,1-2H3,(H,22,23). The lowest BCUT2D eigenvalue weighted by Gasteiger charge is -2.42. The summed E-state index contributed by atoms with van der Waals surface area (Å²) in [6.45, 7) is 5.70. The van der Waals surface area contributed by atoms with Crippen molar-refractivity contribution in [2.75, 3.05) is 26.3 Å². The molecule has 1 aliphatic heterocycles. The Morgan fingerprint density at radius 1 is 1.37 bits per heavy atom. The van der Waals surface area contributed by atoms with E-state index in [9.17, 15) is 9.90 Å². The molecule has 150 valence electrons. The largest absolute Gasteiger partial charge is 0.465 e. The molecule has 0 radical (unpaired) electrons. The minimum atomic E-state index is -1.29. The maximum atomic E-state index is 11.2. The van der Waals surface area contributed by atoms with Crippen molar-refractivity contribution in [3.05, 3.63) is 35.4 Å². The molecule has 27 heavy (non-hydrogen) atoms. The average molecular weight is 380 g/mol. The van der Waals surface area contributed by atoms with Crippen LogP contribution in [0.4, 0.5) is 4.79 Å². The molecule has 0 bridgehead atoms. The normalized spacial score (nSPS) is 23.3. The van der Waals surface area contributed by atoms with Crippen molar-refractivity contribution in [3.63, 3.8) is 0 Å². The monoisotopic (exact) mass is 380 g/mol. The van der Waals surface area contributed by atoms with Crippen LogP contribution in [0.1, 0.15) is 31.4 Å². The third-order valence-electron chi connectivity index (χ3n) is 4.71. The fraction of sp³-hybridized carbons (Fsp3) is 0.579. The van der Waals surface area contributed by atoms with Gasteiger partial charge in [-0.1, -0.05) is 24.3 Å². The fourth-order valence-corrected chi connectivity index (χ4v) is 3.18. The molecule has 0 saturated carbocycles. The SMILES string of the molecule is CC(C)OCCOCc1ccc(C2(O)CCN(C(=O)O)CC2C=NO)cc1. The van der Waals surface area contributed by atoms with Crippen molar-refractivity contribution in [1.82, 2.24) is 4.90 Å². The van der Waals surface area contributed by atoms with Crippen molar-refractivity contribution >= 4 is 12.3 Å². The van der Waals surface area contributed by atoms with E-state index in [1.807, 2.05) is 26.0 Å². The smallest absolute Gasteiger partial charge is 0.407 e. The van der Waals surface area contributed by atoms with E-state index in [1.54, 1.807) is 12.1 Å². The van der Waals surface area contributed by atoms with Crippen LogP contribution in [0.2, 0.25) is 0 Å². The van der Waals surface area contributed by atoms with Gasteiger partial charge >= 0.3 is 6.09 Å². The lowest BCUT2D eigenvalue weighted by molar-refractivity contribution is -0.0463. The first-order chi connectivity index (χ1) is 12.9. The van der Waals surface area contributed by atoms with E-state index in [0.717, 1.165) is 5.56 Å². The third-order valence-corrected chi connectivity index (χ3v) is 4.71. The number of hydrogen-bond acceptors (Lipinski definition) is 6. The molecule has 1 amide bonds. The molecule has 2 atom stereocenters. The molecule has 1 aliphatic rings. The zero-order chi connectivity index (χ0) is 19.9. The summed E-state index contributed by atoms with van der Waals surface area (Å²) in [5, 5.41) is 32.3. The summed E-state index contributed by atoms with van der Waals surface area (Å²) in [6, 6.07) is 7.34. The molecule has 0 spiro atoms. The van der Waals surface area contributed by atoms with Crippen LogP contribution >= 0.6 is 0 Å². The average Bonchev–Trinajstić information content (AvgIpc) is 2.63. The maximum absolute atomic E-state index is 11.2. The van der Waals surface area contributed by atoms with Gasteiger partial charge in [0.1, 0.15) is 5.60 Å². The summed E-state index contributed by atoms with van der Waals surface area (Å²) in [5.74, 6) is -0.636. The molecule has 1 aromatic carbocycles. The topological polar surface area (TPSA) is 112 Å². The first-order valence-corrected chi connectivity index (χ1v) is 9.03. The first-order valence-electron chi connectivity index (χ1n) is 9.03. The third kappa shape index (κ3) is 5.66. The summed E-state index contributed by atoms with van der Waals surface area (Å²) < 4.78 is 11.0. The van der Waals surface area contributed by atoms with Gasteiger partial charge in [0.05, 0.1) is 32.1 Å². The minimum Gasteiger partial charge on any atom is -0.465 e. The van der Waals surface area contributed by atoms with Crippen LogP contribution < -0.4 is 0 Å². The van der Waals surface area contributed by atoms with E-state index in [-0.39, 0.29) is 25.6 Å². The lowest BCUT2D eigenvalue weighted by Crippen LogP contribution is -2.52. The number of carboxylic acid groups (broad SMARTS) is 1. The highest BCUT2D eigenvalue weighted by molar-refractivity contribution is 5.69. The molecule has 8 nitrogen and oxygen atoms in total. The Bertz CT molecular complexity index is 634. The summed E-state index contributed by atoms with van der Waals surface area (Å²) in [5.41, 5.74) is 0.328. The van der Waals surface area contributed by atoms with Crippen molar-refractivity contribution < 1.29 is 29.7 Å². The Kier molecular flexibility index (Phi) is 7.58. The number of oxime groups is 1. The number of rotatable bonds is 8. The van der Waals surface area contributed by atoms with Gasteiger partial charge in [0.2, 0.25) is 0 Å². The van der Waals surface area contributed by atoms with E-state index < -0.39 is 17.6 Å². The van der Waals surface area contributed by atoms with E-state index >= 15 is 0 Å². The summed E-state index contributed by atoms with van der Waals surface area (Å²) in [7, 11) is 0. The second-order valence-electron chi connectivity index (χ2n) is 6.94. The van der Waals surface area contributed by atoms with Crippen molar-refractivity contribution in [2.45, 2.75) is 38.6 Å². The number of ether oxygens (including phenoxy) is 2. The number of piperidine rings is 1. The molecule has 3 N–H and O–H groups in total. The number of likely N-dealkylation sites (tertiary alicyclic amines) is 1. The minimum absolute atomic E-state index is 0.0661. The fourth-order valence-electron chi connectivity index (χ4n) is 3.18. The number of nitrogens with zero attached hydrogens (tertiary/aromatic N) is 2. The Morgan fingerprint density at radius 2 is 2.07 bits per heavy atom. The van der Waals surface area contributed by atoms with Crippen LogP contribution in [-0.2, 0) is 21.7 Å². The predicted octanol–water partition coefficient (Wildman–Crippen LogP) is 2.28. The Morgan fingerprint density at radius 3 is 2.67 bits per heavy atom. The predicted molar refractivity (Wildman–Crippen MR) is 99.1 cm³/mol. The molecular weight excluding hydrogens is 352 g/mol. The van der Waals surface area contributed by atoms with Gasteiger partial charge in [-0.15, -0.1) is 5.16 Å². The molecular formula is C19H28N2O6. The van der Waals surface area contributed by atoms with E-state index in [4.69, 9.17) is 19.8 Å². The zero-order valence-electron chi connectivity index (χ0n) is 15.7. The molecule has 2 rings (SSSR count). The van der Waals surface area contributed by atoms with Crippen molar-refractivity contribution in [2.24, 2.45) is 11.1 Å². The summed E-state index contributed by atoms with van der Waals surface area (Å²) in [6.07, 6.45) is 0.540. The second-order valence-corrected chi connectivity index (χ2v) is 6.94. The highest BCUT2D eigenvalue weighted by Gasteiger charge is 2.43. The van der Waals surface area contributed by atoms with Crippen molar-refractivity contribution in [1.29, 1.82) is 0 Å². The Hall–Kier alpha value is -2.16. The van der Waals surface area contributed by atoms with Crippen LogP contribution in [0, 0.1) is 5.92 Å². The number of benzene rings is 1. The molecule has 1 aromatic rings. The van der Waals surface area contributed by atoms with Crippen LogP contribution in [0.25, 0.3) is 0 Å². The molecule has 0 aromatic heterocycles. The Labute approximate surface area is 159 Å². The molecule has 8 heteroatoms. The lowest BCUT2D eigenvalue weighted by atomic mass is 9.76. The van der Waals surface area contributed by atoms with Gasteiger partial charge in [0.15, 0.2) is 0 Å². The number of carbonyl (C=O) groups is 1. The molecule has 2 unspecified atom stereocenters. The van der Waals surface area contributed by atoms with Crippen LogP contribution in [-0.4, -0.2) is 65.0 Å². The molecule has 0 aliphatic carbocycles. The van der Waals surface area contributed by atoms with E-state index in [2.05, 4.69) is 5.16 Å². The number of hydrogen-bond donors (Lipinski definition) is 3. The van der Waals surface area contributed by atoms with Gasteiger partial charge in [-0.25, -0.2) is 4.79 Å². The van der Waals surface area contributed by atoms with Gasteiger partial charge in [-0.3, -0.25) is 0 Å². The van der Waals surface area contributed by atoms with Gasteiger partial charge in [0.25, 0.3) is 0 Å². The van der Waals surface area contributed by atoms with Gasteiger partial charge in [-0.2, -0.15) is 0 Å². The van der Waals surface area contributed by atoms with Gasteiger partial charge in [0, 0.05) is 19.0 Å². The first kappa shape index (κ1) is 21.1. The summed E-state index contributed by atoms with van der Waals surface area (Å²) >= 11 is 0. The highest BCUT2D eigenvalue weighted by Crippen LogP contribution is 2.37. The van der Waals surface area contributed by atoms with Crippen LogP contribution in [0.15, 0.2) is 29.4 Å². The molecule has 1 heterocycles. The van der Waals surface area contributed by atoms with Gasteiger partial charge in [-0.05, 0) is 31.4 Å². The zero-order valence-corrected chi connectivity index (χ0v) is 15.7. The van der Waals surface area contributed by atoms with Gasteiger partial charge < -0.3 is 29.8 Å². The molecule has 1 saturated heterocycles. The van der Waals surface area contributed by atoms with Crippen LogP contribution in [0.3, 0.4) is 0 Å².